The monoisotopic (exact) mass is 356 g/mol. The van der Waals surface area contributed by atoms with Crippen molar-refractivity contribution in [3.8, 4) is 5.75 Å². The van der Waals surface area contributed by atoms with Crippen molar-refractivity contribution in [1.82, 2.24) is 0 Å². The molecule has 3 N–H and O–H groups in total. The van der Waals surface area contributed by atoms with E-state index in [1.807, 2.05) is 0 Å². The predicted molar refractivity (Wildman–Crippen MR) is 70.9 cm³/mol. The van der Waals surface area contributed by atoms with Gasteiger partial charge in [-0.15, -0.1) is 13.2 Å². The Morgan fingerprint density at radius 3 is 2.63 bits per heavy atom. The second-order valence-electron chi connectivity index (χ2n) is 3.38. The van der Waals surface area contributed by atoms with Crippen LogP contribution >= 0.6 is 28.1 Å². The Labute approximate surface area is 120 Å². The number of hydrogen-bond donors (Lipinski definition) is 2. The normalized spacial score (nSPS) is 10.9. The summed E-state index contributed by atoms with van der Waals surface area (Å²) in [6.45, 7) is 0. The Bertz CT molecular complexity index is 508. The van der Waals surface area contributed by atoms with Crippen molar-refractivity contribution in [3.05, 3.63) is 22.7 Å². The van der Waals surface area contributed by atoms with Crippen LogP contribution in [0.3, 0.4) is 0 Å². The number of nitrogens with two attached hydrogens (primary N) is 1. The molecule has 0 saturated heterocycles. The highest BCUT2D eigenvalue weighted by atomic mass is 79.9. The minimum absolute atomic E-state index is 0.0621. The maximum Gasteiger partial charge on any atom is 0.573 e. The van der Waals surface area contributed by atoms with Crippen LogP contribution in [0.5, 0.6) is 5.75 Å². The SMILES string of the molecule is NC(=S)CC(=O)Nc1ccc(Br)cc1OC(F)(F)F. The van der Waals surface area contributed by atoms with Gasteiger partial charge in [0.05, 0.1) is 17.1 Å². The maximum absolute atomic E-state index is 12.2. The maximum atomic E-state index is 12.2. The van der Waals surface area contributed by atoms with Crippen molar-refractivity contribution in [2.24, 2.45) is 5.73 Å². The minimum atomic E-state index is -4.86. The largest absolute Gasteiger partial charge is 0.573 e. The average molecular weight is 357 g/mol. The molecule has 0 spiro atoms. The highest BCUT2D eigenvalue weighted by molar-refractivity contribution is 9.10. The molecule has 1 rings (SSSR count). The van der Waals surface area contributed by atoms with Gasteiger partial charge in [-0.3, -0.25) is 4.79 Å². The molecule has 0 radical (unpaired) electrons. The molecule has 19 heavy (non-hydrogen) atoms. The van der Waals surface area contributed by atoms with Gasteiger partial charge >= 0.3 is 6.36 Å². The molecule has 104 valence electrons. The molecule has 0 atom stereocenters. The second-order valence-corrected chi connectivity index (χ2v) is 4.82. The summed E-state index contributed by atoms with van der Waals surface area (Å²) in [5.74, 6) is -1.15. The van der Waals surface area contributed by atoms with Gasteiger partial charge in [0, 0.05) is 4.47 Å². The quantitative estimate of drug-likeness (QED) is 0.814. The molecule has 0 aliphatic carbocycles. The van der Waals surface area contributed by atoms with Crippen molar-refractivity contribution in [3.63, 3.8) is 0 Å². The van der Waals surface area contributed by atoms with Crippen LogP contribution in [0.15, 0.2) is 22.7 Å². The number of carbonyl (C=O) groups is 1. The van der Waals surface area contributed by atoms with Gasteiger partial charge in [-0.1, -0.05) is 28.1 Å². The minimum Gasteiger partial charge on any atom is -0.404 e. The summed E-state index contributed by atoms with van der Waals surface area (Å²) < 4.78 is 40.8. The number of ether oxygens (including phenoxy) is 1. The van der Waals surface area contributed by atoms with Crippen LogP contribution in [0.4, 0.5) is 18.9 Å². The van der Waals surface area contributed by atoms with E-state index in [9.17, 15) is 18.0 Å². The smallest absolute Gasteiger partial charge is 0.404 e. The molecule has 0 heterocycles. The van der Waals surface area contributed by atoms with E-state index in [2.05, 4.69) is 38.2 Å². The van der Waals surface area contributed by atoms with Crippen LogP contribution in [-0.4, -0.2) is 17.3 Å². The lowest BCUT2D eigenvalue weighted by molar-refractivity contribution is -0.274. The number of rotatable bonds is 4. The van der Waals surface area contributed by atoms with E-state index in [-0.39, 0.29) is 17.1 Å². The summed E-state index contributed by atoms with van der Waals surface area (Å²) in [5.41, 5.74) is 5.04. The molecule has 9 heteroatoms. The first kappa shape index (κ1) is 15.7. The lowest BCUT2D eigenvalue weighted by Gasteiger charge is -2.14. The molecule has 0 unspecified atom stereocenters. The fraction of sp³-hybridized carbons (Fsp3) is 0.200. The summed E-state index contributed by atoms with van der Waals surface area (Å²) in [7, 11) is 0. The van der Waals surface area contributed by atoms with Crippen LogP contribution in [0, 0.1) is 0 Å². The van der Waals surface area contributed by atoms with E-state index >= 15 is 0 Å². The molecular formula is C10H8BrF3N2O2S. The number of thiocarbonyl (C=S) groups is 1. The van der Waals surface area contributed by atoms with E-state index in [1.165, 1.54) is 12.1 Å². The number of benzene rings is 1. The topological polar surface area (TPSA) is 64.4 Å². The number of nitrogens with one attached hydrogen (secondary N) is 1. The van der Waals surface area contributed by atoms with Gasteiger partial charge in [0.1, 0.15) is 0 Å². The number of alkyl halides is 3. The lowest BCUT2D eigenvalue weighted by atomic mass is 10.3. The number of anilines is 1. The summed E-state index contributed by atoms with van der Waals surface area (Å²) >= 11 is 7.54. The Morgan fingerprint density at radius 1 is 1.47 bits per heavy atom. The second kappa shape index (κ2) is 6.20. The zero-order chi connectivity index (χ0) is 14.6. The highest BCUT2D eigenvalue weighted by Crippen LogP contribution is 2.32. The fourth-order valence-electron chi connectivity index (χ4n) is 1.16. The Kier molecular flexibility index (Phi) is 5.12. The summed E-state index contributed by atoms with van der Waals surface area (Å²) in [6, 6.07) is 3.81. The highest BCUT2D eigenvalue weighted by Gasteiger charge is 2.32. The van der Waals surface area contributed by atoms with Crippen molar-refractivity contribution in [2.45, 2.75) is 12.8 Å². The molecule has 0 saturated carbocycles. The number of carbonyl (C=O) groups excluding carboxylic acids is 1. The Hall–Kier alpha value is -1.35. The standard InChI is InChI=1S/C10H8BrF3N2O2S/c11-5-1-2-6(16-9(17)4-8(15)19)7(3-5)18-10(12,13)14/h1-3H,4H2,(H2,15,19)(H,16,17). The molecular weight excluding hydrogens is 349 g/mol. The number of halogens is 4. The number of hydrogen-bond acceptors (Lipinski definition) is 3. The van der Waals surface area contributed by atoms with Gasteiger partial charge < -0.3 is 15.8 Å². The van der Waals surface area contributed by atoms with Crippen LogP contribution in [-0.2, 0) is 4.79 Å². The summed E-state index contributed by atoms with van der Waals surface area (Å²) in [5, 5.41) is 2.24. The van der Waals surface area contributed by atoms with E-state index in [0.717, 1.165) is 6.07 Å². The molecule has 0 aromatic heterocycles. The number of amides is 1. The van der Waals surface area contributed by atoms with E-state index in [4.69, 9.17) is 5.73 Å². The third kappa shape index (κ3) is 5.88. The van der Waals surface area contributed by atoms with Gasteiger partial charge in [-0.25, -0.2) is 0 Å². The Morgan fingerprint density at radius 2 is 2.11 bits per heavy atom. The van der Waals surface area contributed by atoms with Crippen molar-refractivity contribution in [1.29, 1.82) is 0 Å². The molecule has 0 aliphatic rings. The average Bonchev–Trinajstić information content (AvgIpc) is 2.18. The van der Waals surface area contributed by atoms with E-state index in [1.54, 1.807) is 0 Å². The zero-order valence-corrected chi connectivity index (χ0v) is 11.7. The van der Waals surface area contributed by atoms with E-state index < -0.39 is 18.0 Å². The van der Waals surface area contributed by atoms with Gasteiger partial charge in [-0.05, 0) is 18.2 Å². The molecule has 0 bridgehead atoms. The van der Waals surface area contributed by atoms with Gasteiger partial charge in [0.2, 0.25) is 5.91 Å². The first-order chi connectivity index (χ1) is 8.67. The first-order valence-electron chi connectivity index (χ1n) is 4.81. The third-order valence-corrected chi connectivity index (χ3v) is 2.42. The van der Waals surface area contributed by atoms with Crippen LogP contribution in [0.2, 0.25) is 0 Å². The summed E-state index contributed by atoms with van der Waals surface area (Å²) in [4.78, 5) is 11.3. The van der Waals surface area contributed by atoms with Crippen molar-refractivity contribution >= 4 is 44.7 Å². The molecule has 1 amide bonds. The zero-order valence-electron chi connectivity index (χ0n) is 9.25. The third-order valence-electron chi connectivity index (χ3n) is 1.78. The van der Waals surface area contributed by atoms with E-state index in [0.29, 0.717) is 4.47 Å². The van der Waals surface area contributed by atoms with Crippen molar-refractivity contribution in [2.75, 3.05) is 5.32 Å². The molecule has 4 nitrogen and oxygen atoms in total. The lowest BCUT2D eigenvalue weighted by Crippen LogP contribution is -2.22. The molecule has 1 aromatic rings. The van der Waals surface area contributed by atoms with Crippen LogP contribution < -0.4 is 15.8 Å². The van der Waals surface area contributed by atoms with Gasteiger partial charge in [0.15, 0.2) is 5.75 Å². The summed E-state index contributed by atoms with van der Waals surface area (Å²) in [6.07, 6.45) is -5.12. The molecule has 0 aliphatic heterocycles. The predicted octanol–water partition coefficient (Wildman–Crippen LogP) is 2.96. The molecule has 0 fully saturated rings. The Balaban J connectivity index is 2.93. The first-order valence-corrected chi connectivity index (χ1v) is 6.01. The van der Waals surface area contributed by atoms with Crippen LogP contribution in [0.1, 0.15) is 6.42 Å². The molecule has 1 aromatic carbocycles. The van der Waals surface area contributed by atoms with Gasteiger partial charge in [-0.2, -0.15) is 0 Å². The van der Waals surface area contributed by atoms with Gasteiger partial charge in [0.25, 0.3) is 0 Å². The van der Waals surface area contributed by atoms with Crippen LogP contribution in [0.25, 0.3) is 0 Å². The van der Waals surface area contributed by atoms with Crippen molar-refractivity contribution < 1.29 is 22.7 Å². The fourth-order valence-corrected chi connectivity index (χ4v) is 1.63.